The molecule has 0 fully saturated rings. The molecule has 1 unspecified atom stereocenters. The van der Waals surface area contributed by atoms with Gasteiger partial charge in [-0.25, -0.2) is 4.79 Å². The second-order valence-electron chi connectivity index (χ2n) is 3.06. The second kappa shape index (κ2) is 3.58. The molecule has 0 bridgehead atoms. The number of urea groups is 1. The van der Waals surface area contributed by atoms with Gasteiger partial charge in [-0.2, -0.15) is 0 Å². The minimum absolute atomic E-state index is 0.0347. The molecule has 4 nitrogen and oxygen atoms in total. The predicted molar refractivity (Wildman–Crippen MR) is 47.5 cm³/mol. The maximum absolute atomic E-state index is 11.3. The third-order valence-corrected chi connectivity index (χ3v) is 1.82. The number of nitrogens with zero attached hydrogens (tertiary/aromatic N) is 1. The molecule has 0 aromatic rings. The van der Waals surface area contributed by atoms with Crippen LogP contribution in [0.2, 0.25) is 0 Å². The molecule has 1 atom stereocenters. The Labute approximate surface area is 72.6 Å². The van der Waals surface area contributed by atoms with E-state index in [9.17, 15) is 4.79 Å². The minimum Gasteiger partial charge on any atom is -0.319 e. The molecule has 68 valence electrons. The normalized spacial score (nSPS) is 23.2. The van der Waals surface area contributed by atoms with E-state index in [4.69, 9.17) is 0 Å². The zero-order valence-electron chi connectivity index (χ0n) is 7.66. The molecular weight excluding hydrogens is 154 g/mol. The van der Waals surface area contributed by atoms with Crippen LogP contribution >= 0.6 is 0 Å². The van der Waals surface area contributed by atoms with E-state index >= 15 is 0 Å². The smallest absolute Gasteiger partial charge is 0.319 e. The van der Waals surface area contributed by atoms with Crippen molar-refractivity contribution in [2.75, 3.05) is 7.05 Å². The number of amides is 2. The van der Waals surface area contributed by atoms with E-state index in [0.29, 0.717) is 0 Å². The molecule has 0 radical (unpaired) electrons. The topological polar surface area (TPSA) is 44.4 Å². The summed E-state index contributed by atoms with van der Waals surface area (Å²) in [6, 6.07) is 0.158. The summed E-state index contributed by atoms with van der Waals surface area (Å²) in [5.74, 6) is 0. The van der Waals surface area contributed by atoms with E-state index in [1.54, 1.807) is 11.9 Å². The summed E-state index contributed by atoms with van der Waals surface area (Å²) in [7, 11) is 1.81. The fraction of sp³-hybridized carbons (Fsp3) is 0.625. The summed E-state index contributed by atoms with van der Waals surface area (Å²) in [4.78, 5) is 13.0. The van der Waals surface area contributed by atoms with Crippen molar-refractivity contribution in [3.8, 4) is 0 Å². The van der Waals surface area contributed by atoms with Crippen LogP contribution < -0.4 is 10.6 Å². The van der Waals surface area contributed by atoms with Crippen LogP contribution in [0.3, 0.4) is 0 Å². The maximum Gasteiger partial charge on any atom is 0.323 e. The van der Waals surface area contributed by atoms with Gasteiger partial charge in [0.1, 0.15) is 6.17 Å². The summed E-state index contributed by atoms with van der Waals surface area (Å²) in [6.45, 7) is 3.95. The zero-order chi connectivity index (χ0) is 9.14. The fourth-order valence-corrected chi connectivity index (χ4v) is 1.08. The van der Waals surface area contributed by atoms with Crippen molar-refractivity contribution in [2.24, 2.45) is 0 Å². The SMILES string of the molecule is CNC1C=CN(C(C)C)C(=O)N1. The van der Waals surface area contributed by atoms with E-state index in [1.165, 1.54) is 0 Å². The lowest BCUT2D eigenvalue weighted by Crippen LogP contribution is -2.52. The van der Waals surface area contributed by atoms with Crippen molar-refractivity contribution >= 4 is 6.03 Å². The van der Waals surface area contributed by atoms with Gasteiger partial charge in [-0.05, 0) is 27.0 Å². The Morgan fingerprint density at radius 1 is 1.67 bits per heavy atom. The van der Waals surface area contributed by atoms with Crippen LogP contribution in [0, 0.1) is 0 Å². The molecule has 2 N–H and O–H groups in total. The highest BCUT2D eigenvalue weighted by Crippen LogP contribution is 2.04. The Bertz CT molecular complexity index is 200. The predicted octanol–water partition coefficient (Wildman–Crippen LogP) is 0.479. The minimum atomic E-state index is -0.0492. The molecule has 1 rings (SSSR count). The Balaban J connectivity index is 2.65. The van der Waals surface area contributed by atoms with E-state index in [1.807, 2.05) is 26.1 Å². The van der Waals surface area contributed by atoms with Crippen LogP contribution in [0.5, 0.6) is 0 Å². The number of hydrogen-bond acceptors (Lipinski definition) is 2. The maximum atomic E-state index is 11.3. The quantitative estimate of drug-likeness (QED) is 0.631. The summed E-state index contributed by atoms with van der Waals surface area (Å²) in [5, 5.41) is 5.73. The third-order valence-electron chi connectivity index (χ3n) is 1.82. The second-order valence-corrected chi connectivity index (χ2v) is 3.06. The van der Waals surface area contributed by atoms with Gasteiger partial charge in [-0.1, -0.05) is 0 Å². The van der Waals surface area contributed by atoms with Crippen LogP contribution in [-0.2, 0) is 0 Å². The number of nitrogens with one attached hydrogen (secondary N) is 2. The van der Waals surface area contributed by atoms with Gasteiger partial charge < -0.3 is 5.32 Å². The number of rotatable bonds is 2. The molecule has 0 spiro atoms. The Morgan fingerprint density at radius 2 is 2.33 bits per heavy atom. The van der Waals surface area contributed by atoms with Gasteiger partial charge in [0.05, 0.1) is 0 Å². The van der Waals surface area contributed by atoms with Crippen molar-refractivity contribution in [2.45, 2.75) is 26.1 Å². The van der Waals surface area contributed by atoms with E-state index in [-0.39, 0.29) is 18.2 Å². The summed E-state index contributed by atoms with van der Waals surface area (Å²) in [5.41, 5.74) is 0. The van der Waals surface area contributed by atoms with Crippen molar-refractivity contribution in [3.05, 3.63) is 12.3 Å². The highest BCUT2D eigenvalue weighted by Gasteiger charge is 2.20. The molecule has 2 amide bonds. The number of hydrogen-bond donors (Lipinski definition) is 2. The largest absolute Gasteiger partial charge is 0.323 e. The van der Waals surface area contributed by atoms with Gasteiger partial charge >= 0.3 is 6.03 Å². The van der Waals surface area contributed by atoms with E-state index in [2.05, 4.69) is 10.6 Å². The number of likely N-dealkylation sites (N-methyl/N-ethyl adjacent to an activating group) is 1. The lowest BCUT2D eigenvalue weighted by atomic mass is 10.3. The number of carbonyl (C=O) groups excluding carboxylic acids is 1. The van der Waals surface area contributed by atoms with Crippen LogP contribution in [0.4, 0.5) is 4.79 Å². The number of carbonyl (C=O) groups is 1. The molecule has 0 saturated carbocycles. The Kier molecular flexibility index (Phi) is 2.70. The van der Waals surface area contributed by atoms with Gasteiger partial charge in [0.25, 0.3) is 0 Å². The van der Waals surface area contributed by atoms with Crippen LogP contribution in [-0.4, -0.2) is 30.2 Å². The van der Waals surface area contributed by atoms with Gasteiger partial charge in [0, 0.05) is 12.2 Å². The highest BCUT2D eigenvalue weighted by atomic mass is 16.2. The molecule has 0 saturated heterocycles. The molecule has 0 aliphatic carbocycles. The Morgan fingerprint density at radius 3 is 2.75 bits per heavy atom. The standard InChI is InChI=1S/C8H15N3O/c1-6(2)11-5-4-7(9-3)10-8(11)12/h4-7,9H,1-3H3,(H,10,12). The lowest BCUT2D eigenvalue weighted by molar-refractivity contribution is 0.197. The molecule has 0 aromatic carbocycles. The summed E-state index contributed by atoms with van der Waals surface area (Å²) >= 11 is 0. The van der Waals surface area contributed by atoms with Gasteiger partial charge in [-0.15, -0.1) is 0 Å². The molecule has 12 heavy (non-hydrogen) atoms. The van der Waals surface area contributed by atoms with Crippen molar-refractivity contribution in [1.82, 2.24) is 15.5 Å². The van der Waals surface area contributed by atoms with E-state index < -0.39 is 0 Å². The molecule has 1 aliphatic heterocycles. The van der Waals surface area contributed by atoms with Gasteiger partial charge in [0.2, 0.25) is 0 Å². The average molecular weight is 169 g/mol. The lowest BCUT2D eigenvalue weighted by Gasteiger charge is -2.29. The molecular formula is C8H15N3O. The Hall–Kier alpha value is -1.03. The van der Waals surface area contributed by atoms with Crippen LogP contribution in [0.1, 0.15) is 13.8 Å². The van der Waals surface area contributed by atoms with Crippen molar-refractivity contribution < 1.29 is 4.79 Å². The first kappa shape index (κ1) is 9.06. The summed E-state index contributed by atoms with van der Waals surface area (Å²) < 4.78 is 0. The van der Waals surface area contributed by atoms with Crippen molar-refractivity contribution in [1.29, 1.82) is 0 Å². The highest BCUT2D eigenvalue weighted by molar-refractivity contribution is 5.77. The first-order valence-electron chi connectivity index (χ1n) is 4.09. The zero-order valence-corrected chi connectivity index (χ0v) is 7.66. The van der Waals surface area contributed by atoms with Crippen molar-refractivity contribution in [3.63, 3.8) is 0 Å². The third kappa shape index (κ3) is 1.76. The van der Waals surface area contributed by atoms with E-state index in [0.717, 1.165) is 0 Å². The molecule has 0 aromatic heterocycles. The average Bonchev–Trinajstić information content (AvgIpc) is 2.03. The van der Waals surface area contributed by atoms with Gasteiger partial charge in [-0.3, -0.25) is 10.2 Å². The molecule has 1 heterocycles. The van der Waals surface area contributed by atoms with Gasteiger partial charge in [0.15, 0.2) is 0 Å². The van der Waals surface area contributed by atoms with Crippen LogP contribution in [0.15, 0.2) is 12.3 Å². The van der Waals surface area contributed by atoms with Crippen LogP contribution in [0.25, 0.3) is 0 Å². The first-order chi connectivity index (χ1) is 5.65. The molecule has 4 heteroatoms. The first-order valence-corrected chi connectivity index (χ1v) is 4.09. The fourth-order valence-electron chi connectivity index (χ4n) is 1.08. The summed E-state index contributed by atoms with van der Waals surface area (Å²) in [6.07, 6.45) is 3.69. The molecule has 1 aliphatic rings. The monoisotopic (exact) mass is 169 g/mol.